The lowest BCUT2D eigenvalue weighted by molar-refractivity contribution is 0.112. The van der Waals surface area contributed by atoms with E-state index in [9.17, 15) is 4.79 Å². The maximum Gasteiger partial charge on any atom is 0.152 e. The minimum atomic E-state index is 0.457. The number of benzene rings is 2. The Balaban J connectivity index is 2.18. The molecule has 1 heterocycles. The van der Waals surface area contributed by atoms with Crippen LogP contribution in [0.1, 0.15) is 17.3 Å². The Bertz CT molecular complexity index is 838. The normalized spacial score (nSPS) is 10.9. The molecule has 1 N–H and O–H groups in total. The van der Waals surface area contributed by atoms with Crippen molar-refractivity contribution >= 4 is 40.4 Å². The van der Waals surface area contributed by atoms with Crippen LogP contribution < -0.4 is 4.74 Å². The van der Waals surface area contributed by atoms with Crippen LogP contribution in [0.5, 0.6) is 5.75 Å². The second-order valence-corrected chi connectivity index (χ2v) is 5.64. The van der Waals surface area contributed by atoms with Gasteiger partial charge in [-0.1, -0.05) is 23.2 Å². The molecule has 112 valence electrons. The first-order valence-electron chi connectivity index (χ1n) is 6.83. The number of fused-ring (bicyclic) bond motifs is 1. The number of rotatable bonds is 4. The first-order valence-corrected chi connectivity index (χ1v) is 7.58. The van der Waals surface area contributed by atoms with E-state index < -0.39 is 0 Å². The number of carbonyl (C=O) groups excluding carboxylic acids is 1. The Kier molecular flexibility index (Phi) is 4.10. The topological polar surface area (TPSA) is 42.1 Å². The van der Waals surface area contributed by atoms with Crippen molar-refractivity contribution in [3.8, 4) is 17.0 Å². The summed E-state index contributed by atoms with van der Waals surface area (Å²) in [6.45, 7) is 2.54. The van der Waals surface area contributed by atoms with Crippen LogP contribution in [-0.2, 0) is 0 Å². The molecule has 3 nitrogen and oxygen atoms in total. The van der Waals surface area contributed by atoms with Gasteiger partial charge in [0, 0.05) is 21.5 Å². The zero-order valence-electron chi connectivity index (χ0n) is 11.8. The molecule has 0 atom stereocenters. The maximum absolute atomic E-state index is 11.5. The van der Waals surface area contributed by atoms with Crippen LogP contribution >= 0.6 is 23.2 Å². The number of aldehydes is 1. The van der Waals surface area contributed by atoms with Crippen molar-refractivity contribution < 1.29 is 9.53 Å². The highest BCUT2D eigenvalue weighted by molar-refractivity contribution is 6.39. The summed E-state index contributed by atoms with van der Waals surface area (Å²) in [6, 6.07) is 10.9. The summed E-state index contributed by atoms with van der Waals surface area (Å²) in [5.41, 5.74) is 2.87. The number of aromatic nitrogens is 1. The van der Waals surface area contributed by atoms with Crippen LogP contribution in [0.25, 0.3) is 22.2 Å². The Morgan fingerprint density at radius 3 is 2.55 bits per heavy atom. The Morgan fingerprint density at radius 1 is 1.18 bits per heavy atom. The Morgan fingerprint density at radius 2 is 1.91 bits per heavy atom. The van der Waals surface area contributed by atoms with Gasteiger partial charge in [0.25, 0.3) is 0 Å². The predicted molar refractivity (Wildman–Crippen MR) is 90.3 cm³/mol. The molecule has 0 bridgehead atoms. The number of hydrogen-bond acceptors (Lipinski definition) is 2. The molecule has 0 saturated carbocycles. The molecule has 0 aliphatic heterocycles. The molecule has 1 aromatic heterocycles. The third-order valence-corrected chi connectivity index (χ3v) is 3.94. The highest BCUT2D eigenvalue weighted by Crippen LogP contribution is 2.36. The van der Waals surface area contributed by atoms with Gasteiger partial charge < -0.3 is 9.72 Å². The first kappa shape index (κ1) is 14.9. The van der Waals surface area contributed by atoms with Gasteiger partial charge in [-0.15, -0.1) is 0 Å². The maximum atomic E-state index is 11.5. The zero-order chi connectivity index (χ0) is 15.7. The number of nitrogens with one attached hydrogen (secondary N) is 1. The monoisotopic (exact) mass is 333 g/mol. The van der Waals surface area contributed by atoms with Gasteiger partial charge in [0.2, 0.25) is 0 Å². The summed E-state index contributed by atoms with van der Waals surface area (Å²) in [7, 11) is 0. The largest absolute Gasteiger partial charge is 0.494 e. The zero-order valence-corrected chi connectivity index (χ0v) is 13.3. The molecule has 0 aliphatic rings. The number of H-pyrrole nitrogens is 1. The standard InChI is InChI=1S/C17H13Cl2NO2/c1-2-22-12-5-3-10(4-6-12)17-13(9-21)16-14(19)7-11(18)8-15(16)20-17/h3-9,20H,2H2,1H3. The average Bonchev–Trinajstić information content (AvgIpc) is 2.87. The van der Waals surface area contributed by atoms with Crippen molar-refractivity contribution in [3.63, 3.8) is 0 Å². The van der Waals surface area contributed by atoms with E-state index in [0.29, 0.717) is 27.6 Å². The van der Waals surface area contributed by atoms with Crippen molar-refractivity contribution in [2.24, 2.45) is 0 Å². The highest BCUT2D eigenvalue weighted by Gasteiger charge is 2.16. The lowest BCUT2D eigenvalue weighted by Crippen LogP contribution is -1.91. The quantitative estimate of drug-likeness (QED) is 0.653. The van der Waals surface area contributed by atoms with Crippen LogP contribution in [0.4, 0.5) is 0 Å². The molecule has 0 saturated heterocycles. The third-order valence-electron chi connectivity index (χ3n) is 3.43. The van der Waals surface area contributed by atoms with Gasteiger partial charge in [0.15, 0.2) is 6.29 Å². The fourth-order valence-electron chi connectivity index (χ4n) is 2.50. The van der Waals surface area contributed by atoms with Gasteiger partial charge in [0.1, 0.15) is 5.75 Å². The van der Waals surface area contributed by atoms with E-state index in [1.54, 1.807) is 12.1 Å². The summed E-state index contributed by atoms with van der Waals surface area (Å²) in [5, 5.41) is 1.66. The number of halogens is 2. The number of aromatic amines is 1. The van der Waals surface area contributed by atoms with E-state index in [1.165, 1.54) is 0 Å². The van der Waals surface area contributed by atoms with Gasteiger partial charge in [0.05, 0.1) is 17.3 Å². The van der Waals surface area contributed by atoms with Gasteiger partial charge in [-0.05, 0) is 48.9 Å². The molecule has 0 amide bonds. The predicted octanol–water partition coefficient (Wildman–Crippen LogP) is 5.35. The van der Waals surface area contributed by atoms with Crippen molar-refractivity contribution in [2.45, 2.75) is 6.92 Å². The second-order valence-electron chi connectivity index (χ2n) is 4.80. The van der Waals surface area contributed by atoms with Gasteiger partial charge >= 0.3 is 0 Å². The Labute approximate surface area is 137 Å². The van der Waals surface area contributed by atoms with Crippen molar-refractivity contribution in [1.82, 2.24) is 4.98 Å². The van der Waals surface area contributed by atoms with Gasteiger partial charge in [-0.3, -0.25) is 4.79 Å². The van der Waals surface area contributed by atoms with E-state index >= 15 is 0 Å². The SMILES string of the molecule is CCOc1ccc(-c2[nH]c3cc(Cl)cc(Cl)c3c2C=O)cc1. The number of hydrogen-bond donors (Lipinski definition) is 1. The Hall–Kier alpha value is -1.97. The third kappa shape index (κ3) is 2.58. The van der Waals surface area contributed by atoms with E-state index in [-0.39, 0.29) is 0 Å². The molecule has 22 heavy (non-hydrogen) atoms. The molecule has 0 unspecified atom stereocenters. The first-order chi connectivity index (χ1) is 10.6. The molecule has 0 spiro atoms. The van der Waals surface area contributed by atoms with E-state index in [2.05, 4.69) is 4.98 Å². The van der Waals surface area contributed by atoms with Crippen LogP contribution in [0.3, 0.4) is 0 Å². The molecule has 3 rings (SSSR count). The molecule has 5 heteroatoms. The van der Waals surface area contributed by atoms with E-state index in [1.807, 2.05) is 31.2 Å². The van der Waals surface area contributed by atoms with E-state index in [4.69, 9.17) is 27.9 Å². The molecular weight excluding hydrogens is 321 g/mol. The minimum absolute atomic E-state index is 0.457. The van der Waals surface area contributed by atoms with Crippen LogP contribution in [0, 0.1) is 0 Å². The fourth-order valence-corrected chi connectivity index (χ4v) is 3.10. The van der Waals surface area contributed by atoms with Crippen molar-refractivity contribution in [2.75, 3.05) is 6.61 Å². The van der Waals surface area contributed by atoms with E-state index in [0.717, 1.165) is 28.8 Å². The second kappa shape index (κ2) is 6.03. The lowest BCUT2D eigenvalue weighted by Gasteiger charge is -2.04. The molecule has 2 aromatic carbocycles. The van der Waals surface area contributed by atoms with Crippen LogP contribution in [0.15, 0.2) is 36.4 Å². The molecular formula is C17H13Cl2NO2. The average molecular weight is 334 g/mol. The van der Waals surface area contributed by atoms with Gasteiger partial charge in [-0.25, -0.2) is 0 Å². The molecule has 0 aliphatic carbocycles. The minimum Gasteiger partial charge on any atom is -0.494 e. The summed E-state index contributed by atoms with van der Waals surface area (Å²) in [5.74, 6) is 0.788. The van der Waals surface area contributed by atoms with Crippen molar-refractivity contribution in [1.29, 1.82) is 0 Å². The van der Waals surface area contributed by atoms with Crippen molar-refractivity contribution in [3.05, 3.63) is 52.0 Å². The number of carbonyl (C=O) groups is 1. The molecule has 0 radical (unpaired) electrons. The highest BCUT2D eigenvalue weighted by atomic mass is 35.5. The summed E-state index contributed by atoms with van der Waals surface area (Å²) >= 11 is 12.3. The molecule has 0 fully saturated rings. The number of ether oxygens (including phenoxy) is 1. The summed E-state index contributed by atoms with van der Waals surface area (Å²) < 4.78 is 5.43. The van der Waals surface area contributed by atoms with Crippen LogP contribution in [0.2, 0.25) is 10.0 Å². The summed E-state index contributed by atoms with van der Waals surface area (Å²) in [6.07, 6.45) is 0.810. The van der Waals surface area contributed by atoms with Gasteiger partial charge in [-0.2, -0.15) is 0 Å². The smallest absolute Gasteiger partial charge is 0.152 e. The summed E-state index contributed by atoms with van der Waals surface area (Å²) in [4.78, 5) is 14.8. The van der Waals surface area contributed by atoms with Crippen LogP contribution in [-0.4, -0.2) is 17.9 Å². The lowest BCUT2D eigenvalue weighted by atomic mass is 10.1. The fraction of sp³-hybridized carbons (Fsp3) is 0.118. The molecule has 3 aromatic rings.